The Kier molecular flexibility index (Phi) is 5.53. The Hall–Kier alpha value is -2.37. The Morgan fingerprint density at radius 1 is 0.926 bits per heavy atom. The van der Waals surface area contributed by atoms with Crippen LogP contribution in [0.25, 0.3) is 10.8 Å². The fourth-order valence-electron chi connectivity index (χ4n) is 3.12. The number of hydrogen-bond donors (Lipinski definition) is 1. The maximum atomic E-state index is 13.0. The molecule has 0 fully saturated rings. The third-order valence-corrected chi connectivity index (χ3v) is 6.44. The van der Waals surface area contributed by atoms with Gasteiger partial charge in [0.2, 0.25) is 10.0 Å². The molecular weight excluding hydrogens is 358 g/mol. The van der Waals surface area contributed by atoms with Gasteiger partial charge in [0.15, 0.2) is 0 Å². The van der Waals surface area contributed by atoms with Gasteiger partial charge >= 0.3 is 0 Å². The smallest absolute Gasteiger partial charge is 0.241 e. The lowest BCUT2D eigenvalue weighted by Crippen LogP contribution is -2.28. The fraction of sp³-hybridized carbons (Fsp3) is 0.273. The monoisotopic (exact) mass is 383 g/mol. The Morgan fingerprint density at radius 2 is 1.63 bits per heavy atom. The molecule has 4 nitrogen and oxygen atoms in total. The van der Waals surface area contributed by atoms with Crippen LogP contribution in [-0.4, -0.2) is 15.5 Å². The van der Waals surface area contributed by atoms with Crippen molar-refractivity contribution >= 4 is 20.8 Å². The van der Waals surface area contributed by atoms with Gasteiger partial charge in [0.1, 0.15) is 5.75 Å². The molecule has 0 spiro atoms. The molecule has 1 N–H and O–H groups in total. The average Bonchev–Trinajstić information content (AvgIpc) is 2.67. The molecule has 0 radical (unpaired) electrons. The molecule has 0 amide bonds. The summed E-state index contributed by atoms with van der Waals surface area (Å²) >= 11 is 0. The van der Waals surface area contributed by atoms with Crippen molar-refractivity contribution in [1.29, 1.82) is 0 Å². The summed E-state index contributed by atoms with van der Waals surface area (Å²) < 4.78 is 34.0. The molecule has 0 aliphatic rings. The number of hydrogen-bond acceptors (Lipinski definition) is 3. The second-order valence-electron chi connectivity index (χ2n) is 6.80. The Labute approximate surface area is 161 Å². The molecule has 5 heteroatoms. The zero-order valence-electron chi connectivity index (χ0n) is 16.1. The second kappa shape index (κ2) is 7.71. The summed E-state index contributed by atoms with van der Waals surface area (Å²) in [4.78, 5) is 0.266. The van der Waals surface area contributed by atoms with Gasteiger partial charge < -0.3 is 4.74 Å². The van der Waals surface area contributed by atoms with Gasteiger partial charge in [-0.1, -0.05) is 37.3 Å². The highest BCUT2D eigenvalue weighted by atomic mass is 32.2. The third kappa shape index (κ3) is 4.15. The molecule has 3 aromatic rings. The molecule has 0 heterocycles. The lowest BCUT2D eigenvalue weighted by atomic mass is 10.0. The highest BCUT2D eigenvalue weighted by Crippen LogP contribution is 2.26. The molecule has 0 bridgehead atoms. The number of methoxy groups -OCH3 is 1. The Balaban J connectivity index is 1.92. The van der Waals surface area contributed by atoms with Gasteiger partial charge in [-0.25, -0.2) is 13.1 Å². The van der Waals surface area contributed by atoms with Crippen LogP contribution in [0.1, 0.15) is 36.1 Å². The largest absolute Gasteiger partial charge is 0.497 e. The summed E-state index contributed by atoms with van der Waals surface area (Å²) in [6.07, 6.45) is 0.673. The standard InChI is InChI=1S/C22H25NO3S/c1-5-22(19-7-6-15(2)16(3)12-19)23-27(24,25)21-11-9-17-13-20(26-4)10-8-18(17)14-21/h6-14,22-23H,5H2,1-4H3/t22-/m1/s1. The van der Waals surface area contributed by atoms with Crippen LogP contribution in [0.4, 0.5) is 0 Å². The normalized spacial score (nSPS) is 12.9. The van der Waals surface area contributed by atoms with Crippen LogP contribution in [0.2, 0.25) is 0 Å². The van der Waals surface area contributed by atoms with E-state index in [1.807, 2.05) is 57.2 Å². The maximum Gasteiger partial charge on any atom is 0.241 e. The van der Waals surface area contributed by atoms with Gasteiger partial charge in [-0.2, -0.15) is 0 Å². The van der Waals surface area contributed by atoms with Crippen molar-refractivity contribution in [1.82, 2.24) is 4.72 Å². The van der Waals surface area contributed by atoms with Gasteiger partial charge in [-0.15, -0.1) is 0 Å². The van der Waals surface area contributed by atoms with Crippen LogP contribution >= 0.6 is 0 Å². The van der Waals surface area contributed by atoms with Crippen LogP contribution in [0.5, 0.6) is 5.75 Å². The minimum Gasteiger partial charge on any atom is -0.497 e. The van der Waals surface area contributed by atoms with Crippen molar-refractivity contribution in [3.05, 3.63) is 71.3 Å². The topological polar surface area (TPSA) is 55.4 Å². The van der Waals surface area contributed by atoms with Crippen molar-refractivity contribution in [3.8, 4) is 5.75 Å². The second-order valence-corrected chi connectivity index (χ2v) is 8.51. The van der Waals surface area contributed by atoms with E-state index in [-0.39, 0.29) is 10.9 Å². The molecule has 1 atom stereocenters. The molecule has 0 aliphatic carbocycles. The highest BCUT2D eigenvalue weighted by molar-refractivity contribution is 7.89. The van der Waals surface area contributed by atoms with Gasteiger partial charge in [-0.3, -0.25) is 0 Å². The van der Waals surface area contributed by atoms with Crippen molar-refractivity contribution in [2.75, 3.05) is 7.11 Å². The molecule has 3 rings (SSSR count). The first-order chi connectivity index (χ1) is 12.8. The van der Waals surface area contributed by atoms with E-state index in [1.54, 1.807) is 19.2 Å². The molecule has 27 heavy (non-hydrogen) atoms. The Bertz CT molecular complexity index is 1070. The highest BCUT2D eigenvalue weighted by Gasteiger charge is 2.21. The first-order valence-corrected chi connectivity index (χ1v) is 10.5. The van der Waals surface area contributed by atoms with E-state index in [0.29, 0.717) is 6.42 Å². The number of fused-ring (bicyclic) bond motifs is 1. The summed E-state index contributed by atoms with van der Waals surface area (Å²) in [7, 11) is -2.02. The molecule has 3 aromatic carbocycles. The number of rotatable bonds is 6. The van der Waals surface area contributed by atoms with E-state index in [1.165, 1.54) is 5.56 Å². The van der Waals surface area contributed by atoms with E-state index >= 15 is 0 Å². The number of nitrogens with one attached hydrogen (secondary N) is 1. The average molecular weight is 384 g/mol. The molecular formula is C22H25NO3S. The lowest BCUT2D eigenvalue weighted by Gasteiger charge is -2.19. The minimum atomic E-state index is -3.63. The fourth-order valence-corrected chi connectivity index (χ4v) is 4.46. The Morgan fingerprint density at radius 3 is 2.30 bits per heavy atom. The van der Waals surface area contributed by atoms with Gasteiger partial charge in [-0.05, 0) is 72.0 Å². The van der Waals surface area contributed by atoms with E-state index in [0.717, 1.165) is 27.6 Å². The predicted octanol–water partition coefficient (Wildman–Crippen LogP) is 4.89. The van der Waals surface area contributed by atoms with Gasteiger partial charge in [0.25, 0.3) is 0 Å². The van der Waals surface area contributed by atoms with Crippen LogP contribution in [0.15, 0.2) is 59.5 Å². The van der Waals surface area contributed by atoms with Gasteiger partial charge in [0, 0.05) is 6.04 Å². The lowest BCUT2D eigenvalue weighted by molar-refractivity contribution is 0.415. The van der Waals surface area contributed by atoms with Crippen molar-refractivity contribution in [2.24, 2.45) is 0 Å². The van der Waals surface area contributed by atoms with Crippen LogP contribution in [0.3, 0.4) is 0 Å². The van der Waals surface area contributed by atoms with Crippen LogP contribution in [0, 0.1) is 13.8 Å². The SMILES string of the molecule is CC[C@@H](NS(=O)(=O)c1ccc2cc(OC)ccc2c1)c1ccc(C)c(C)c1. The number of ether oxygens (including phenoxy) is 1. The zero-order chi connectivity index (χ0) is 19.6. The first kappa shape index (κ1) is 19.4. The quantitative estimate of drug-likeness (QED) is 0.659. The molecule has 0 aliphatic heterocycles. The summed E-state index contributed by atoms with van der Waals surface area (Å²) in [5, 5.41) is 1.80. The third-order valence-electron chi connectivity index (χ3n) is 4.97. The predicted molar refractivity (Wildman–Crippen MR) is 110 cm³/mol. The number of sulfonamides is 1. The van der Waals surface area contributed by atoms with Gasteiger partial charge in [0.05, 0.1) is 12.0 Å². The van der Waals surface area contributed by atoms with E-state index in [4.69, 9.17) is 4.74 Å². The summed E-state index contributed by atoms with van der Waals surface area (Å²) in [5.41, 5.74) is 3.33. The molecule has 0 aromatic heterocycles. The van der Waals surface area contributed by atoms with Crippen molar-refractivity contribution in [2.45, 2.75) is 38.1 Å². The summed E-state index contributed by atoms with van der Waals surface area (Å²) in [6, 6.07) is 16.5. The molecule has 0 unspecified atom stereocenters. The van der Waals surface area contributed by atoms with Crippen molar-refractivity contribution < 1.29 is 13.2 Å². The number of aryl methyl sites for hydroxylation is 2. The van der Waals surface area contributed by atoms with Crippen molar-refractivity contribution in [3.63, 3.8) is 0 Å². The summed E-state index contributed by atoms with van der Waals surface area (Å²) in [6.45, 7) is 6.07. The first-order valence-electron chi connectivity index (χ1n) is 9.01. The van der Waals surface area contributed by atoms with Crippen LogP contribution < -0.4 is 9.46 Å². The minimum absolute atomic E-state index is 0.263. The molecule has 0 saturated heterocycles. The molecule has 142 valence electrons. The zero-order valence-corrected chi connectivity index (χ0v) is 16.9. The van der Waals surface area contributed by atoms with E-state index in [9.17, 15) is 8.42 Å². The van der Waals surface area contributed by atoms with Crippen LogP contribution in [-0.2, 0) is 10.0 Å². The van der Waals surface area contributed by atoms with E-state index < -0.39 is 10.0 Å². The maximum absolute atomic E-state index is 13.0. The number of benzene rings is 3. The molecule has 0 saturated carbocycles. The summed E-state index contributed by atoms with van der Waals surface area (Å²) in [5.74, 6) is 0.747. The van der Waals surface area contributed by atoms with E-state index in [2.05, 4.69) is 10.8 Å².